The molecule has 2 heterocycles. The van der Waals surface area contributed by atoms with Gasteiger partial charge >= 0.3 is 0 Å². The average Bonchev–Trinajstić information content (AvgIpc) is 2.74. The molecule has 0 amide bonds. The Hall–Kier alpha value is -0.440. The van der Waals surface area contributed by atoms with E-state index >= 15 is 0 Å². The number of nitrogens with zero attached hydrogens (tertiary/aromatic N) is 2. The van der Waals surface area contributed by atoms with Gasteiger partial charge in [0.05, 0.1) is 23.5 Å². The van der Waals surface area contributed by atoms with Gasteiger partial charge in [-0.1, -0.05) is 21.5 Å². The van der Waals surface area contributed by atoms with Crippen molar-refractivity contribution in [2.45, 2.75) is 18.9 Å². The number of nitrogens with one attached hydrogen (secondary N) is 1. The first kappa shape index (κ1) is 10.7. The summed E-state index contributed by atoms with van der Waals surface area (Å²) >= 11 is 1.74. The summed E-state index contributed by atoms with van der Waals surface area (Å²) in [6, 6.07) is 9.21. The van der Waals surface area contributed by atoms with Gasteiger partial charge in [-0.15, -0.1) is 0 Å². The lowest BCUT2D eigenvalue weighted by atomic mass is 10.1. The summed E-state index contributed by atoms with van der Waals surface area (Å²) in [5.74, 6) is 0. The molecule has 1 aromatic rings. The van der Waals surface area contributed by atoms with Crippen molar-refractivity contribution >= 4 is 32.9 Å². The molecule has 0 radical (unpaired) electrons. The van der Waals surface area contributed by atoms with Gasteiger partial charge in [0, 0.05) is 19.1 Å². The third-order valence-electron chi connectivity index (χ3n) is 3.23. The van der Waals surface area contributed by atoms with Crippen LogP contribution in [0.1, 0.15) is 12.8 Å². The van der Waals surface area contributed by atoms with Crippen molar-refractivity contribution < 1.29 is 0 Å². The second kappa shape index (κ2) is 4.44. The molecule has 16 heavy (non-hydrogen) atoms. The Kier molecular flexibility index (Phi) is 2.97. The Morgan fingerprint density at radius 1 is 1.25 bits per heavy atom. The highest BCUT2D eigenvalue weighted by Crippen LogP contribution is 2.42. The third kappa shape index (κ3) is 1.90. The molecule has 0 spiro atoms. The molecule has 1 N–H and O–H groups in total. The minimum Gasteiger partial charge on any atom is -0.310 e. The summed E-state index contributed by atoms with van der Waals surface area (Å²) in [6.45, 7) is 2.35. The van der Waals surface area contributed by atoms with Crippen LogP contribution in [0.15, 0.2) is 24.3 Å². The molecule has 0 saturated carbocycles. The van der Waals surface area contributed by atoms with E-state index in [1.165, 1.54) is 37.3 Å². The Labute approximate surface area is 103 Å². The number of fused-ring (bicyclic) bond motifs is 1. The molecule has 0 aromatic heterocycles. The predicted molar refractivity (Wildman–Crippen MR) is 74.4 cm³/mol. The minimum absolute atomic E-state index is 0.665. The molecule has 2 aliphatic rings. The van der Waals surface area contributed by atoms with E-state index in [0.717, 1.165) is 0 Å². The van der Waals surface area contributed by atoms with Crippen LogP contribution >= 0.6 is 21.5 Å². The molecule has 1 fully saturated rings. The van der Waals surface area contributed by atoms with E-state index in [1.807, 2.05) is 0 Å². The van der Waals surface area contributed by atoms with Gasteiger partial charge in [0.25, 0.3) is 0 Å². The Morgan fingerprint density at radius 3 is 2.81 bits per heavy atom. The second-order valence-corrected chi connectivity index (χ2v) is 5.81. The molecule has 1 unspecified atom stereocenters. The molecule has 0 bridgehead atoms. The summed E-state index contributed by atoms with van der Waals surface area (Å²) in [7, 11) is 2.80. The number of anilines is 2. The normalized spacial score (nSPS) is 21.9. The molecule has 1 aromatic carbocycles. The molecular weight excluding hydrogens is 237 g/mol. The predicted octanol–water partition coefficient (Wildman–Crippen LogP) is 2.74. The lowest BCUT2D eigenvalue weighted by Crippen LogP contribution is -2.38. The topological polar surface area (TPSA) is 18.5 Å². The number of piperidine rings is 1. The summed E-state index contributed by atoms with van der Waals surface area (Å²) in [4.78, 5) is 0. The maximum absolute atomic E-state index is 3.38. The van der Waals surface area contributed by atoms with Crippen molar-refractivity contribution in [3.05, 3.63) is 24.3 Å². The van der Waals surface area contributed by atoms with Gasteiger partial charge in [0.2, 0.25) is 0 Å². The Bertz CT molecular complexity index is 379. The third-order valence-corrected chi connectivity index (χ3v) is 4.75. The maximum atomic E-state index is 3.38. The molecule has 5 heteroatoms. The maximum Gasteiger partial charge on any atom is 0.0730 e. The molecule has 0 aliphatic carbocycles. The van der Waals surface area contributed by atoms with Gasteiger partial charge < -0.3 is 4.72 Å². The van der Waals surface area contributed by atoms with Crippen LogP contribution in [0.2, 0.25) is 0 Å². The molecule has 3 nitrogen and oxygen atoms in total. The van der Waals surface area contributed by atoms with E-state index < -0.39 is 0 Å². The summed E-state index contributed by atoms with van der Waals surface area (Å²) < 4.78 is 8.15. The lowest BCUT2D eigenvalue weighted by molar-refractivity contribution is 0.349. The molecule has 3 rings (SSSR count). The molecule has 1 atom stereocenters. The minimum atomic E-state index is 0.665. The summed E-state index contributed by atoms with van der Waals surface area (Å²) in [5.41, 5.74) is 2.59. The highest BCUT2D eigenvalue weighted by Gasteiger charge is 2.29. The van der Waals surface area contributed by atoms with Crippen LogP contribution in [0.25, 0.3) is 0 Å². The molecular formula is C11H16N3PS. The van der Waals surface area contributed by atoms with Gasteiger partial charge in [-0.3, -0.25) is 8.98 Å². The van der Waals surface area contributed by atoms with Gasteiger partial charge in [-0.05, 0) is 25.0 Å². The number of rotatable bonds is 1. The van der Waals surface area contributed by atoms with Crippen molar-refractivity contribution in [2.24, 2.45) is 0 Å². The van der Waals surface area contributed by atoms with Crippen LogP contribution in [-0.4, -0.2) is 23.8 Å². The number of benzene rings is 1. The van der Waals surface area contributed by atoms with Crippen LogP contribution in [0.3, 0.4) is 0 Å². The van der Waals surface area contributed by atoms with Crippen molar-refractivity contribution in [1.29, 1.82) is 0 Å². The average molecular weight is 253 g/mol. The van der Waals surface area contributed by atoms with Crippen molar-refractivity contribution in [2.75, 3.05) is 22.1 Å². The Balaban J connectivity index is 1.77. The zero-order chi connectivity index (χ0) is 11.0. The fourth-order valence-electron chi connectivity index (χ4n) is 2.29. The number of hydrogen-bond acceptors (Lipinski definition) is 4. The molecule has 86 valence electrons. The lowest BCUT2D eigenvalue weighted by Gasteiger charge is -2.34. The molecule has 1 saturated heterocycles. The first-order valence-electron chi connectivity index (χ1n) is 5.65. The monoisotopic (exact) mass is 253 g/mol. The van der Waals surface area contributed by atoms with Crippen molar-refractivity contribution in [1.82, 2.24) is 4.67 Å². The number of para-hydroxylation sites is 2. The zero-order valence-corrected chi connectivity index (χ0v) is 11.1. The quantitative estimate of drug-likeness (QED) is 0.612. The van der Waals surface area contributed by atoms with E-state index in [1.54, 1.807) is 12.1 Å². The zero-order valence-electron chi connectivity index (χ0n) is 9.10. The van der Waals surface area contributed by atoms with E-state index in [0.29, 0.717) is 6.04 Å². The standard InChI is InChI=1S/C11H16N3PS/c15-13-7-5-9(6-8-13)14-11-4-2-1-3-10(11)12-16-14/h1-4,9,12H,5-8,15H2. The fraction of sp³-hybridized carbons (Fsp3) is 0.455. The van der Waals surface area contributed by atoms with Crippen molar-refractivity contribution in [3.63, 3.8) is 0 Å². The smallest absolute Gasteiger partial charge is 0.0730 e. The SMILES string of the molecule is PN1CCC(N2SNc3ccccc32)CC1. The second-order valence-electron chi connectivity index (χ2n) is 4.30. The van der Waals surface area contributed by atoms with Gasteiger partial charge in [-0.25, -0.2) is 0 Å². The van der Waals surface area contributed by atoms with E-state index in [-0.39, 0.29) is 0 Å². The van der Waals surface area contributed by atoms with Gasteiger partial charge in [0.15, 0.2) is 0 Å². The Morgan fingerprint density at radius 2 is 2.00 bits per heavy atom. The molecule has 2 aliphatic heterocycles. The van der Waals surface area contributed by atoms with Crippen LogP contribution in [-0.2, 0) is 0 Å². The summed E-state index contributed by atoms with van der Waals surface area (Å²) in [6.07, 6.45) is 2.49. The highest BCUT2D eigenvalue weighted by atomic mass is 32.2. The first-order valence-corrected chi connectivity index (χ1v) is 6.94. The van der Waals surface area contributed by atoms with E-state index in [9.17, 15) is 0 Å². The van der Waals surface area contributed by atoms with E-state index in [4.69, 9.17) is 0 Å². The van der Waals surface area contributed by atoms with Crippen molar-refractivity contribution in [3.8, 4) is 0 Å². The van der Waals surface area contributed by atoms with Crippen LogP contribution in [0.4, 0.5) is 11.4 Å². The summed E-state index contributed by atoms with van der Waals surface area (Å²) in [5, 5.41) is 0. The van der Waals surface area contributed by atoms with Crippen LogP contribution in [0, 0.1) is 0 Å². The van der Waals surface area contributed by atoms with Gasteiger partial charge in [0.1, 0.15) is 0 Å². The van der Waals surface area contributed by atoms with E-state index in [2.05, 4.69) is 47.4 Å². The fourth-order valence-corrected chi connectivity index (χ4v) is 3.58. The van der Waals surface area contributed by atoms with Crippen LogP contribution in [0.5, 0.6) is 0 Å². The largest absolute Gasteiger partial charge is 0.310 e. The highest BCUT2D eigenvalue weighted by molar-refractivity contribution is 8.02. The first-order chi connectivity index (χ1) is 7.84. The van der Waals surface area contributed by atoms with Gasteiger partial charge in [-0.2, -0.15) is 0 Å². The number of hydrogen-bond donors (Lipinski definition) is 1. The van der Waals surface area contributed by atoms with Crippen LogP contribution < -0.4 is 9.03 Å².